The SMILES string of the molecule is CC1(OCC(F)(F)F)CN(OC(=O)C(F)(F)F)C1. The number of carbonyl (C=O) groups excluding carboxylic acids is 1. The summed E-state index contributed by atoms with van der Waals surface area (Å²) < 4.78 is 75.4. The fourth-order valence-corrected chi connectivity index (χ4v) is 1.28. The number of alkyl halides is 6. The Morgan fingerprint density at radius 3 is 2.11 bits per heavy atom. The summed E-state index contributed by atoms with van der Waals surface area (Å²) in [6, 6.07) is 0. The van der Waals surface area contributed by atoms with Crippen molar-refractivity contribution in [1.29, 1.82) is 0 Å². The molecule has 0 spiro atoms. The van der Waals surface area contributed by atoms with Gasteiger partial charge in [-0.15, -0.1) is 5.06 Å². The summed E-state index contributed by atoms with van der Waals surface area (Å²) in [5.41, 5.74) is -1.28. The summed E-state index contributed by atoms with van der Waals surface area (Å²) >= 11 is 0. The largest absolute Gasteiger partial charge is 0.492 e. The molecular formula is C8H9F6NO3. The molecule has 1 aliphatic rings. The van der Waals surface area contributed by atoms with E-state index in [9.17, 15) is 31.1 Å². The Morgan fingerprint density at radius 1 is 1.22 bits per heavy atom. The van der Waals surface area contributed by atoms with Gasteiger partial charge in [0.25, 0.3) is 0 Å². The lowest BCUT2D eigenvalue weighted by Crippen LogP contribution is -2.62. The van der Waals surface area contributed by atoms with Crippen molar-refractivity contribution >= 4 is 5.97 Å². The maximum Gasteiger partial charge on any atom is 0.492 e. The van der Waals surface area contributed by atoms with Gasteiger partial charge in [0.2, 0.25) is 0 Å². The second-order valence-corrected chi connectivity index (χ2v) is 4.03. The zero-order valence-electron chi connectivity index (χ0n) is 9.06. The first-order chi connectivity index (χ1) is 7.91. The van der Waals surface area contributed by atoms with Crippen molar-refractivity contribution in [2.45, 2.75) is 24.9 Å². The Morgan fingerprint density at radius 2 is 1.72 bits per heavy atom. The van der Waals surface area contributed by atoms with Crippen LogP contribution in [0.5, 0.6) is 0 Å². The topological polar surface area (TPSA) is 38.8 Å². The molecule has 0 amide bonds. The molecule has 0 aliphatic carbocycles. The van der Waals surface area contributed by atoms with E-state index in [1.54, 1.807) is 0 Å². The number of carbonyl (C=O) groups is 1. The van der Waals surface area contributed by atoms with Crippen LogP contribution in [0.25, 0.3) is 0 Å². The molecule has 18 heavy (non-hydrogen) atoms. The zero-order chi connectivity index (χ0) is 14.2. The van der Waals surface area contributed by atoms with Crippen LogP contribution in [-0.2, 0) is 14.4 Å². The van der Waals surface area contributed by atoms with Gasteiger partial charge >= 0.3 is 18.3 Å². The maximum atomic E-state index is 11.8. The molecule has 0 radical (unpaired) electrons. The highest BCUT2D eigenvalue weighted by atomic mass is 19.4. The molecule has 0 aromatic rings. The molecule has 0 aromatic carbocycles. The van der Waals surface area contributed by atoms with Crippen molar-refractivity contribution in [1.82, 2.24) is 5.06 Å². The smallest absolute Gasteiger partial charge is 0.363 e. The highest BCUT2D eigenvalue weighted by molar-refractivity contribution is 5.75. The third kappa shape index (κ3) is 4.33. The van der Waals surface area contributed by atoms with Gasteiger partial charge in [-0.25, -0.2) is 4.79 Å². The molecule has 0 saturated carbocycles. The van der Waals surface area contributed by atoms with Gasteiger partial charge in [0.1, 0.15) is 6.61 Å². The van der Waals surface area contributed by atoms with Crippen LogP contribution in [0.15, 0.2) is 0 Å². The molecule has 10 heteroatoms. The lowest BCUT2D eigenvalue weighted by atomic mass is 9.99. The number of nitrogens with zero attached hydrogens (tertiary/aromatic N) is 1. The molecule has 0 atom stereocenters. The minimum Gasteiger partial charge on any atom is -0.363 e. The molecule has 0 N–H and O–H groups in total. The van der Waals surface area contributed by atoms with E-state index >= 15 is 0 Å². The molecule has 1 rings (SSSR count). The van der Waals surface area contributed by atoms with E-state index in [0.717, 1.165) is 0 Å². The first kappa shape index (κ1) is 15.0. The molecule has 1 aliphatic heterocycles. The minimum atomic E-state index is -5.14. The summed E-state index contributed by atoms with van der Waals surface area (Å²) in [6.45, 7) is -0.947. The molecule has 4 nitrogen and oxygen atoms in total. The zero-order valence-corrected chi connectivity index (χ0v) is 9.06. The monoisotopic (exact) mass is 281 g/mol. The summed E-state index contributed by atoms with van der Waals surface area (Å²) in [6.07, 6.45) is -9.66. The lowest BCUT2D eigenvalue weighted by molar-refractivity contribution is -0.302. The van der Waals surface area contributed by atoms with Crippen LogP contribution in [-0.4, -0.2) is 48.7 Å². The van der Waals surface area contributed by atoms with Crippen LogP contribution < -0.4 is 0 Å². The van der Waals surface area contributed by atoms with Crippen LogP contribution in [0, 0.1) is 0 Å². The predicted molar refractivity (Wildman–Crippen MR) is 44.1 cm³/mol. The van der Waals surface area contributed by atoms with Crippen molar-refractivity contribution in [3.05, 3.63) is 0 Å². The summed E-state index contributed by atoms with van der Waals surface area (Å²) in [7, 11) is 0. The van der Waals surface area contributed by atoms with Gasteiger partial charge < -0.3 is 9.57 Å². The molecule has 0 bridgehead atoms. The summed E-state index contributed by atoms with van der Waals surface area (Å²) in [5.74, 6) is -2.42. The van der Waals surface area contributed by atoms with Crippen molar-refractivity contribution in [3.63, 3.8) is 0 Å². The Hall–Kier alpha value is -1.03. The van der Waals surface area contributed by atoms with Crippen LogP contribution in [0.3, 0.4) is 0 Å². The van der Waals surface area contributed by atoms with E-state index in [1.165, 1.54) is 6.92 Å². The quantitative estimate of drug-likeness (QED) is 0.737. The van der Waals surface area contributed by atoms with Crippen molar-refractivity contribution in [3.8, 4) is 0 Å². The first-order valence-corrected chi connectivity index (χ1v) is 4.66. The minimum absolute atomic E-state index is 0.356. The molecule has 1 fully saturated rings. The number of hydroxylamine groups is 2. The Balaban J connectivity index is 2.33. The highest BCUT2D eigenvalue weighted by Gasteiger charge is 2.49. The Labute approximate surface area is 97.4 Å². The number of halogens is 6. The second-order valence-electron chi connectivity index (χ2n) is 4.03. The van der Waals surface area contributed by atoms with Crippen LogP contribution >= 0.6 is 0 Å². The third-order valence-corrected chi connectivity index (χ3v) is 2.05. The predicted octanol–water partition coefficient (Wildman–Crippen LogP) is 1.66. The van der Waals surface area contributed by atoms with Gasteiger partial charge in [-0.1, -0.05) is 0 Å². The number of ether oxygens (including phenoxy) is 1. The van der Waals surface area contributed by atoms with E-state index in [-0.39, 0.29) is 13.1 Å². The van der Waals surface area contributed by atoms with E-state index in [1.807, 2.05) is 0 Å². The number of hydrogen-bond donors (Lipinski definition) is 0. The van der Waals surface area contributed by atoms with Gasteiger partial charge in [-0.05, 0) is 6.92 Å². The van der Waals surface area contributed by atoms with Gasteiger partial charge in [0.15, 0.2) is 0 Å². The standard InChI is InChI=1S/C8H9F6NO3/c1-6(17-4-7(9,10)11)2-15(3-6)18-5(16)8(12,13)14/h2-4H2,1H3. The van der Waals surface area contributed by atoms with Crippen molar-refractivity contribution < 1.29 is 40.7 Å². The fraction of sp³-hybridized carbons (Fsp3) is 0.875. The van der Waals surface area contributed by atoms with Crippen LogP contribution in [0.2, 0.25) is 0 Å². The van der Waals surface area contributed by atoms with Crippen LogP contribution in [0.1, 0.15) is 6.92 Å². The van der Waals surface area contributed by atoms with Gasteiger partial charge in [0, 0.05) is 0 Å². The summed E-state index contributed by atoms with van der Waals surface area (Å²) in [5, 5.41) is 0.589. The molecule has 106 valence electrons. The van der Waals surface area contributed by atoms with E-state index in [2.05, 4.69) is 9.57 Å². The average Bonchev–Trinajstić information content (AvgIpc) is 2.09. The average molecular weight is 281 g/mol. The number of rotatable bonds is 3. The third-order valence-electron chi connectivity index (χ3n) is 2.05. The van der Waals surface area contributed by atoms with Crippen molar-refractivity contribution in [2.75, 3.05) is 19.7 Å². The normalized spacial score (nSPS) is 20.4. The number of hydrogen-bond acceptors (Lipinski definition) is 4. The highest BCUT2D eigenvalue weighted by Crippen LogP contribution is 2.29. The van der Waals surface area contributed by atoms with Gasteiger partial charge in [-0.2, -0.15) is 26.3 Å². The van der Waals surface area contributed by atoms with E-state index < -0.39 is 30.5 Å². The fourth-order valence-electron chi connectivity index (χ4n) is 1.28. The van der Waals surface area contributed by atoms with Gasteiger partial charge in [-0.3, -0.25) is 0 Å². The molecular weight excluding hydrogens is 272 g/mol. The summed E-state index contributed by atoms with van der Waals surface area (Å²) in [4.78, 5) is 14.3. The Bertz CT molecular complexity index is 320. The Kier molecular flexibility index (Phi) is 3.82. The molecule has 0 unspecified atom stereocenters. The lowest BCUT2D eigenvalue weighted by Gasteiger charge is -2.45. The second kappa shape index (κ2) is 4.57. The molecule has 1 saturated heterocycles. The van der Waals surface area contributed by atoms with E-state index in [4.69, 9.17) is 0 Å². The van der Waals surface area contributed by atoms with Crippen molar-refractivity contribution in [2.24, 2.45) is 0 Å². The molecule has 1 heterocycles. The van der Waals surface area contributed by atoms with E-state index in [0.29, 0.717) is 5.06 Å². The van der Waals surface area contributed by atoms with Gasteiger partial charge in [0.05, 0.1) is 18.7 Å². The maximum absolute atomic E-state index is 11.8. The molecule has 0 aromatic heterocycles. The van der Waals surface area contributed by atoms with Crippen LogP contribution in [0.4, 0.5) is 26.3 Å². The first-order valence-electron chi connectivity index (χ1n) is 4.66.